The molecule has 0 heterocycles. The predicted molar refractivity (Wildman–Crippen MR) is 238 cm³/mol. The topological polar surface area (TPSA) is 288 Å². The largest absolute Gasteiger partial charge is 1.00 e. The van der Waals surface area contributed by atoms with Gasteiger partial charge in [0.2, 0.25) is 10.4 Å². The molecule has 0 aliphatic carbocycles. The van der Waals surface area contributed by atoms with E-state index in [2.05, 4.69) is 51.3 Å². The number of aliphatic hydroxyl groups excluding tert-OH is 3. The van der Waals surface area contributed by atoms with Gasteiger partial charge in [-0.3, -0.25) is 4.18 Å². The summed E-state index contributed by atoms with van der Waals surface area (Å²) in [5.41, 5.74) is -0.667. The number of rotatable bonds is 33. The van der Waals surface area contributed by atoms with Crippen LogP contribution in [0.5, 0.6) is 0 Å². The van der Waals surface area contributed by atoms with Crippen LogP contribution in [0.25, 0.3) is 0 Å². The molecule has 0 bridgehead atoms. The maximum Gasteiger partial charge on any atom is 1.00 e. The van der Waals surface area contributed by atoms with Crippen molar-refractivity contribution in [1.29, 1.82) is 0 Å². The summed E-state index contributed by atoms with van der Waals surface area (Å²) in [4.78, 5) is 36.6. The van der Waals surface area contributed by atoms with E-state index in [-0.39, 0.29) is 174 Å². The Morgan fingerprint density at radius 2 is 0.597 bits per heavy atom. The number of carboxylic acids is 4. The molecular weight excluding hydrogens is 940 g/mol. The minimum atomic E-state index is -4.48. The zero-order chi connectivity index (χ0) is 49.4. The van der Waals surface area contributed by atoms with E-state index in [4.69, 9.17) is 54.9 Å². The van der Waals surface area contributed by atoms with Crippen molar-refractivity contribution in [2.45, 2.75) is 188 Å². The molecule has 0 spiro atoms. The minimum absolute atomic E-state index is 0. The summed E-state index contributed by atoms with van der Waals surface area (Å²) >= 11 is 0. The second-order valence-corrected chi connectivity index (χ2v) is 15.1. The van der Waals surface area contributed by atoms with Gasteiger partial charge in [-0.25, -0.2) is 8.42 Å². The molecular formula is C46H85Na5O15S. The molecule has 0 amide bonds. The molecule has 15 nitrogen and oxygen atoms in total. The summed E-state index contributed by atoms with van der Waals surface area (Å²) in [6.07, 6.45) is 35.6. The molecule has 0 aliphatic rings. The molecule has 67 heavy (non-hydrogen) atoms. The average Bonchev–Trinajstić information content (AvgIpc) is 3.25. The van der Waals surface area contributed by atoms with E-state index in [0.29, 0.717) is 12.8 Å². The van der Waals surface area contributed by atoms with Crippen LogP contribution in [0.3, 0.4) is 0 Å². The molecule has 0 aliphatic heterocycles. The fourth-order valence-electron chi connectivity index (χ4n) is 4.50. The molecule has 0 fully saturated rings. The minimum Gasteiger partial charge on any atom is -0.726 e. The Morgan fingerprint density at radius 1 is 0.433 bits per heavy atom. The third kappa shape index (κ3) is 123. The monoisotopic (exact) mass is 1020 g/mol. The van der Waals surface area contributed by atoms with Gasteiger partial charge in [-0.15, -0.1) is 0 Å². The standard InChI is InChI=1S/C16H34.C12H26O4S.C6H14O3.4C3H4O2.5Na/c1-3-5-7-9-11-13-15-16-14-12-10-8-6-4-2;1-2-3-4-5-6-7-8-9-10-11-12-16-17(13,14)15;1-2-6(3-7,4-8)5-9;4*1-2-3(4)5;;;;;/h3-16H2,1-2H3;2-12H2,1H3,(H,13,14,15);7-9H,2-5H2,1H3;4*2H,1H2,(H,4,5);;;;;/q;;;;;;;5*+1/p-5. The van der Waals surface area contributed by atoms with Gasteiger partial charge in [0.1, 0.15) is 0 Å². The normalized spacial score (nSPS) is 9.13. The Labute approximate surface area is 518 Å². The molecule has 3 N–H and O–H groups in total. The van der Waals surface area contributed by atoms with Crippen LogP contribution in [0.15, 0.2) is 50.6 Å². The van der Waals surface area contributed by atoms with Gasteiger partial charge in [0.05, 0.1) is 50.3 Å². The fourth-order valence-corrected chi connectivity index (χ4v) is 4.83. The second kappa shape index (κ2) is 84.4. The number of aliphatic hydroxyl groups is 3. The summed E-state index contributed by atoms with van der Waals surface area (Å²) in [6.45, 7) is 19.8. The molecule has 21 heteroatoms. The Balaban J connectivity index is -0.0000000556. The van der Waals surface area contributed by atoms with Crippen LogP contribution in [0.1, 0.15) is 188 Å². The average molecular weight is 1030 g/mol. The second-order valence-electron chi connectivity index (χ2n) is 14.1. The first kappa shape index (κ1) is 97.8. The molecule has 0 saturated heterocycles. The molecule has 370 valence electrons. The van der Waals surface area contributed by atoms with Gasteiger partial charge in [0.25, 0.3) is 0 Å². The third-order valence-corrected chi connectivity index (χ3v) is 9.06. The van der Waals surface area contributed by atoms with Crippen LogP contribution in [0, 0.1) is 5.41 Å². The molecule has 0 unspecified atom stereocenters. The number of hydrogen-bond donors (Lipinski definition) is 3. The third-order valence-electron chi connectivity index (χ3n) is 8.61. The fraction of sp³-hybridized carbons (Fsp3) is 0.739. The summed E-state index contributed by atoms with van der Waals surface area (Å²) in [7, 11) is -4.48. The number of unbranched alkanes of at least 4 members (excludes halogenated alkanes) is 22. The summed E-state index contributed by atoms with van der Waals surface area (Å²) in [6, 6.07) is 0. The Kier molecular flexibility index (Phi) is 123. The van der Waals surface area contributed by atoms with Crippen molar-refractivity contribution in [3.63, 3.8) is 0 Å². The number of carbonyl (C=O) groups is 4. The Bertz CT molecular complexity index is 1040. The van der Waals surface area contributed by atoms with E-state index in [1.807, 2.05) is 6.92 Å². The summed E-state index contributed by atoms with van der Waals surface area (Å²) in [5, 5.41) is 62.5. The maximum absolute atomic E-state index is 10.1. The molecule has 0 aromatic rings. The van der Waals surface area contributed by atoms with Crippen molar-refractivity contribution in [3.05, 3.63) is 50.6 Å². The maximum atomic E-state index is 10.1. The first-order valence-corrected chi connectivity index (χ1v) is 23.4. The van der Waals surface area contributed by atoms with Crippen molar-refractivity contribution in [2.75, 3.05) is 26.4 Å². The number of hydrogen-bond acceptors (Lipinski definition) is 15. The molecule has 0 radical (unpaired) electrons. The molecule has 0 atom stereocenters. The first-order chi connectivity index (χ1) is 29.3. The van der Waals surface area contributed by atoms with Crippen molar-refractivity contribution in [2.24, 2.45) is 5.41 Å². The van der Waals surface area contributed by atoms with Gasteiger partial charge in [0, 0.05) is 5.41 Å². The van der Waals surface area contributed by atoms with Crippen molar-refractivity contribution >= 4 is 34.3 Å². The number of carbonyl (C=O) groups excluding carboxylic acids is 4. The van der Waals surface area contributed by atoms with Gasteiger partial charge in [-0.1, -0.05) is 202 Å². The number of carboxylic acid groups (broad SMARTS) is 4. The number of aliphatic carboxylic acids is 4. The van der Waals surface area contributed by atoms with E-state index in [0.717, 1.165) is 37.1 Å². The molecule has 0 rings (SSSR count). The van der Waals surface area contributed by atoms with E-state index in [9.17, 15) is 13.0 Å². The Hall–Kier alpha value is 1.59. The summed E-state index contributed by atoms with van der Waals surface area (Å²) in [5.74, 6) is -4.93. The van der Waals surface area contributed by atoms with Crippen molar-refractivity contribution < 1.29 is 220 Å². The van der Waals surface area contributed by atoms with E-state index in [1.54, 1.807) is 0 Å². The van der Waals surface area contributed by atoms with Crippen molar-refractivity contribution in [3.8, 4) is 0 Å². The van der Waals surface area contributed by atoms with Gasteiger partial charge in [-0.05, 0) is 37.1 Å². The SMILES string of the molecule is C=CC(=O)[O-].C=CC(=O)[O-].C=CC(=O)[O-].C=CC(=O)[O-].CCC(CO)(CO)CO.CCCCCCCCCCCCCCCC.CCCCCCCCCCCCOS(=O)(=O)[O-].[Na+].[Na+].[Na+].[Na+].[Na+]. The van der Waals surface area contributed by atoms with Crippen LogP contribution in [0.2, 0.25) is 0 Å². The van der Waals surface area contributed by atoms with Crippen LogP contribution in [0.4, 0.5) is 0 Å². The molecule has 0 aromatic heterocycles. The van der Waals surface area contributed by atoms with Gasteiger partial charge < -0.3 is 59.5 Å². The van der Waals surface area contributed by atoms with Crippen LogP contribution in [-0.2, 0) is 33.8 Å². The zero-order valence-corrected chi connectivity index (χ0v) is 54.6. The predicted octanol–water partition coefficient (Wildman–Crippen LogP) is -10.1. The van der Waals surface area contributed by atoms with E-state index < -0.39 is 39.7 Å². The quantitative estimate of drug-likeness (QED) is 0.0181. The van der Waals surface area contributed by atoms with Crippen LogP contribution in [-0.4, -0.2) is 78.6 Å². The zero-order valence-electron chi connectivity index (χ0n) is 43.8. The molecule has 0 saturated carbocycles. The Morgan fingerprint density at radius 3 is 0.701 bits per heavy atom. The van der Waals surface area contributed by atoms with Crippen LogP contribution >= 0.6 is 0 Å². The van der Waals surface area contributed by atoms with Gasteiger partial charge >= 0.3 is 148 Å². The summed E-state index contributed by atoms with van der Waals surface area (Å²) < 4.78 is 34.5. The first-order valence-electron chi connectivity index (χ1n) is 22.1. The van der Waals surface area contributed by atoms with Crippen molar-refractivity contribution in [1.82, 2.24) is 0 Å². The van der Waals surface area contributed by atoms with Gasteiger partial charge in [-0.2, -0.15) is 0 Å². The van der Waals surface area contributed by atoms with Crippen LogP contribution < -0.4 is 168 Å². The smallest absolute Gasteiger partial charge is 0.726 e. The molecule has 0 aromatic carbocycles. The van der Waals surface area contributed by atoms with Gasteiger partial charge in [0.15, 0.2) is 0 Å². The van der Waals surface area contributed by atoms with E-state index >= 15 is 0 Å². The van der Waals surface area contributed by atoms with E-state index in [1.165, 1.54) is 135 Å².